The van der Waals surface area contributed by atoms with Crippen LogP contribution in [-0.4, -0.2) is 18.2 Å². The normalized spacial score (nSPS) is 10.3. The number of ether oxygens (including phenoxy) is 2. The maximum Gasteiger partial charge on any atom is 0.377 e. The first-order chi connectivity index (χ1) is 11.3. The standard InChI is InChI=1S/C18H15NO4/c1-21-18(20)16-11-17(19-23-16)22-12-13-7-9-15(10-8-13)14-5-3-2-4-6-14/h2-11H,12H2,1H3. The van der Waals surface area contributed by atoms with Gasteiger partial charge in [0.25, 0.3) is 5.88 Å². The molecule has 23 heavy (non-hydrogen) atoms. The molecule has 0 N–H and O–H groups in total. The van der Waals surface area contributed by atoms with Crippen molar-refractivity contribution in [2.75, 3.05) is 7.11 Å². The molecule has 0 saturated heterocycles. The van der Waals surface area contributed by atoms with Crippen molar-refractivity contribution in [2.24, 2.45) is 0 Å². The number of hydrogen-bond acceptors (Lipinski definition) is 5. The molecule has 1 aromatic heterocycles. The number of aromatic nitrogens is 1. The molecule has 0 bridgehead atoms. The van der Waals surface area contributed by atoms with E-state index in [0.29, 0.717) is 6.61 Å². The van der Waals surface area contributed by atoms with Crippen molar-refractivity contribution in [1.29, 1.82) is 0 Å². The van der Waals surface area contributed by atoms with Crippen LogP contribution in [0.2, 0.25) is 0 Å². The lowest BCUT2D eigenvalue weighted by Gasteiger charge is -2.05. The Hall–Kier alpha value is -3.08. The summed E-state index contributed by atoms with van der Waals surface area (Å²) in [6.45, 7) is 0.336. The summed E-state index contributed by atoms with van der Waals surface area (Å²) in [6.07, 6.45) is 0. The zero-order valence-corrected chi connectivity index (χ0v) is 12.6. The number of nitrogens with zero attached hydrogens (tertiary/aromatic N) is 1. The predicted octanol–water partition coefficient (Wildman–Crippen LogP) is 3.71. The monoisotopic (exact) mass is 309 g/mol. The molecule has 0 spiro atoms. The fourth-order valence-corrected chi connectivity index (χ4v) is 2.11. The van der Waals surface area contributed by atoms with Crippen LogP contribution in [0.25, 0.3) is 11.1 Å². The maximum atomic E-state index is 11.3. The van der Waals surface area contributed by atoms with Gasteiger partial charge in [-0.1, -0.05) is 54.6 Å². The minimum absolute atomic E-state index is 0.0157. The van der Waals surface area contributed by atoms with E-state index in [9.17, 15) is 4.79 Å². The number of methoxy groups -OCH3 is 1. The van der Waals surface area contributed by atoms with Crippen molar-refractivity contribution in [3.8, 4) is 17.0 Å². The molecule has 5 heteroatoms. The van der Waals surface area contributed by atoms with E-state index in [4.69, 9.17) is 9.26 Å². The number of hydrogen-bond donors (Lipinski definition) is 0. The minimum Gasteiger partial charge on any atom is -0.471 e. The fraction of sp³-hybridized carbons (Fsp3) is 0.111. The highest BCUT2D eigenvalue weighted by Gasteiger charge is 2.13. The molecule has 0 aliphatic carbocycles. The molecule has 1 heterocycles. The summed E-state index contributed by atoms with van der Waals surface area (Å²) in [7, 11) is 1.28. The lowest BCUT2D eigenvalue weighted by Crippen LogP contribution is -1.98. The Morgan fingerprint density at radius 3 is 2.43 bits per heavy atom. The third-order valence-electron chi connectivity index (χ3n) is 3.32. The summed E-state index contributed by atoms with van der Waals surface area (Å²) in [5, 5.41) is 3.67. The van der Waals surface area contributed by atoms with Crippen molar-refractivity contribution in [3.05, 3.63) is 72.0 Å². The molecule has 0 saturated carbocycles. The third kappa shape index (κ3) is 3.58. The Balaban J connectivity index is 1.63. The second-order valence-electron chi connectivity index (χ2n) is 4.87. The van der Waals surface area contributed by atoms with Gasteiger partial charge in [0.05, 0.1) is 13.2 Å². The van der Waals surface area contributed by atoms with Gasteiger partial charge in [-0.3, -0.25) is 0 Å². The summed E-state index contributed by atoms with van der Waals surface area (Å²) < 4.78 is 14.9. The molecular weight excluding hydrogens is 294 g/mol. The predicted molar refractivity (Wildman–Crippen MR) is 84.1 cm³/mol. The van der Waals surface area contributed by atoms with E-state index < -0.39 is 5.97 Å². The van der Waals surface area contributed by atoms with Crippen LogP contribution >= 0.6 is 0 Å². The van der Waals surface area contributed by atoms with E-state index in [1.165, 1.54) is 18.7 Å². The number of carbonyl (C=O) groups excluding carboxylic acids is 1. The topological polar surface area (TPSA) is 61.6 Å². The number of esters is 1. The molecule has 0 unspecified atom stereocenters. The van der Waals surface area contributed by atoms with Crippen molar-refractivity contribution in [3.63, 3.8) is 0 Å². The smallest absolute Gasteiger partial charge is 0.377 e. The van der Waals surface area contributed by atoms with Gasteiger partial charge in [-0.05, 0) is 21.8 Å². The van der Waals surface area contributed by atoms with Gasteiger partial charge in [0.15, 0.2) is 0 Å². The lowest BCUT2D eigenvalue weighted by atomic mass is 10.0. The second-order valence-corrected chi connectivity index (χ2v) is 4.87. The van der Waals surface area contributed by atoms with Gasteiger partial charge >= 0.3 is 5.97 Å². The van der Waals surface area contributed by atoms with Gasteiger partial charge in [0, 0.05) is 0 Å². The number of rotatable bonds is 5. The first kappa shape index (κ1) is 14.8. The van der Waals surface area contributed by atoms with E-state index in [-0.39, 0.29) is 11.6 Å². The van der Waals surface area contributed by atoms with Gasteiger partial charge in [-0.25, -0.2) is 4.79 Å². The summed E-state index contributed by atoms with van der Waals surface area (Å²) in [5.41, 5.74) is 3.30. The Kier molecular flexibility index (Phi) is 4.38. The van der Waals surface area contributed by atoms with Crippen LogP contribution in [0, 0.1) is 0 Å². The van der Waals surface area contributed by atoms with Crippen LogP contribution in [0.1, 0.15) is 16.1 Å². The Morgan fingerprint density at radius 1 is 1.04 bits per heavy atom. The Bertz CT molecular complexity index is 778. The molecule has 3 aromatic rings. The van der Waals surface area contributed by atoms with Gasteiger partial charge < -0.3 is 14.0 Å². The minimum atomic E-state index is -0.584. The molecule has 0 atom stereocenters. The quantitative estimate of drug-likeness (QED) is 0.672. The van der Waals surface area contributed by atoms with Crippen molar-refractivity contribution >= 4 is 5.97 Å². The van der Waals surface area contributed by atoms with Crippen LogP contribution < -0.4 is 4.74 Å². The number of carbonyl (C=O) groups is 1. The van der Waals surface area contributed by atoms with Crippen LogP contribution in [0.3, 0.4) is 0 Å². The molecule has 2 aromatic carbocycles. The Labute approximate surface area is 133 Å². The van der Waals surface area contributed by atoms with Gasteiger partial charge in [-0.15, -0.1) is 0 Å². The average molecular weight is 309 g/mol. The summed E-state index contributed by atoms with van der Waals surface area (Å²) in [5.74, 6) is -0.320. The van der Waals surface area contributed by atoms with E-state index in [1.54, 1.807) is 0 Å². The molecular formula is C18H15NO4. The first-order valence-electron chi connectivity index (χ1n) is 7.08. The average Bonchev–Trinajstić information content (AvgIpc) is 3.09. The van der Waals surface area contributed by atoms with E-state index >= 15 is 0 Å². The zero-order chi connectivity index (χ0) is 16.1. The fourth-order valence-electron chi connectivity index (χ4n) is 2.11. The summed E-state index contributed by atoms with van der Waals surface area (Å²) >= 11 is 0. The molecule has 3 rings (SSSR count). The van der Waals surface area contributed by atoms with Gasteiger partial charge in [0.2, 0.25) is 5.76 Å². The molecule has 116 valence electrons. The molecule has 0 fully saturated rings. The Morgan fingerprint density at radius 2 is 1.74 bits per heavy atom. The van der Waals surface area contributed by atoms with E-state index in [1.807, 2.05) is 42.5 Å². The zero-order valence-electron chi connectivity index (χ0n) is 12.6. The highest BCUT2D eigenvalue weighted by atomic mass is 16.6. The maximum absolute atomic E-state index is 11.3. The molecule has 0 aliphatic rings. The van der Waals surface area contributed by atoms with Crippen molar-refractivity contribution in [2.45, 2.75) is 6.61 Å². The van der Waals surface area contributed by atoms with Crippen molar-refractivity contribution < 1.29 is 18.8 Å². The van der Waals surface area contributed by atoms with Crippen LogP contribution in [-0.2, 0) is 11.3 Å². The number of benzene rings is 2. The highest BCUT2D eigenvalue weighted by Crippen LogP contribution is 2.20. The van der Waals surface area contributed by atoms with Gasteiger partial charge in [0.1, 0.15) is 6.61 Å². The largest absolute Gasteiger partial charge is 0.471 e. The molecule has 0 amide bonds. The van der Waals surface area contributed by atoms with Gasteiger partial charge in [-0.2, -0.15) is 0 Å². The van der Waals surface area contributed by atoms with E-state index in [0.717, 1.165) is 11.1 Å². The van der Waals surface area contributed by atoms with Crippen molar-refractivity contribution in [1.82, 2.24) is 5.16 Å². The highest BCUT2D eigenvalue weighted by molar-refractivity contribution is 5.86. The third-order valence-corrected chi connectivity index (χ3v) is 3.32. The molecule has 0 radical (unpaired) electrons. The SMILES string of the molecule is COC(=O)c1cc(OCc2ccc(-c3ccccc3)cc2)no1. The molecule has 5 nitrogen and oxygen atoms in total. The first-order valence-corrected chi connectivity index (χ1v) is 7.08. The van der Waals surface area contributed by atoms with E-state index in [2.05, 4.69) is 22.0 Å². The van der Waals surface area contributed by atoms with Crippen LogP contribution in [0.5, 0.6) is 5.88 Å². The lowest BCUT2D eigenvalue weighted by molar-refractivity contribution is 0.0554. The summed E-state index contributed by atoms with van der Waals surface area (Å²) in [4.78, 5) is 11.3. The second kappa shape index (κ2) is 6.79. The van der Waals surface area contributed by atoms with Crippen LogP contribution in [0.15, 0.2) is 65.2 Å². The summed E-state index contributed by atoms with van der Waals surface area (Å²) in [6, 6.07) is 19.6. The van der Waals surface area contributed by atoms with Crippen LogP contribution in [0.4, 0.5) is 0 Å². The molecule has 0 aliphatic heterocycles.